The van der Waals surface area contributed by atoms with Gasteiger partial charge in [-0.3, -0.25) is 0 Å². The smallest absolute Gasteiger partial charge is 0.136 e. The first-order valence-electron chi connectivity index (χ1n) is 19.1. The molecule has 10 aromatic rings. The Kier molecular flexibility index (Phi) is 6.93. The third-order valence-electron chi connectivity index (χ3n) is 11.9. The summed E-state index contributed by atoms with van der Waals surface area (Å²) in [5, 5.41) is 7.14. The van der Waals surface area contributed by atoms with E-state index in [4.69, 9.17) is 4.42 Å². The van der Waals surface area contributed by atoms with Gasteiger partial charge in [0.2, 0.25) is 0 Å². The molecule has 11 rings (SSSR count). The van der Waals surface area contributed by atoms with Crippen LogP contribution in [0.5, 0.6) is 0 Å². The predicted molar refractivity (Wildman–Crippen MR) is 232 cm³/mol. The van der Waals surface area contributed by atoms with Crippen molar-refractivity contribution in [3.05, 3.63) is 199 Å². The second-order valence-corrected chi connectivity index (χ2v) is 15.3. The van der Waals surface area contributed by atoms with Crippen LogP contribution in [-0.2, 0) is 5.41 Å². The van der Waals surface area contributed by atoms with Gasteiger partial charge in [0.15, 0.2) is 0 Å². The molecule has 2 nitrogen and oxygen atoms in total. The summed E-state index contributed by atoms with van der Waals surface area (Å²) in [5.41, 5.74) is 15.0. The van der Waals surface area contributed by atoms with E-state index in [-0.39, 0.29) is 5.41 Å². The van der Waals surface area contributed by atoms with Crippen LogP contribution in [0, 0.1) is 0 Å². The molecule has 0 radical (unpaired) electrons. The zero-order valence-electron chi connectivity index (χ0n) is 30.8. The highest BCUT2D eigenvalue weighted by Crippen LogP contribution is 2.55. The minimum Gasteiger partial charge on any atom is -0.456 e. The van der Waals surface area contributed by atoms with Crippen LogP contribution in [0.15, 0.2) is 192 Å². The van der Waals surface area contributed by atoms with E-state index in [1.54, 1.807) is 0 Å². The van der Waals surface area contributed by atoms with Gasteiger partial charge in [0.05, 0.1) is 11.4 Å². The van der Waals surface area contributed by atoms with Gasteiger partial charge in [-0.05, 0) is 97.4 Å². The molecule has 0 atom stereocenters. The van der Waals surface area contributed by atoms with Gasteiger partial charge in [0.1, 0.15) is 11.2 Å². The molecule has 260 valence electrons. The van der Waals surface area contributed by atoms with Crippen LogP contribution in [0.3, 0.4) is 0 Å². The molecule has 0 saturated heterocycles. The zero-order valence-corrected chi connectivity index (χ0v) is 30.8. The molecular formula is C53H37NO. The van der Waals surface area contributed by atoms with Gasteiger partial charge < -0.3 is 9.32 Å². The molecule has 0 aliphatic heterocycles. The first kappa shape index (κ1) is 31.6. The molecule has 1 aliphatic rings. The fraction of sp³-hybridized carbons (Fsp3) is 0.0566. The maximum atomic E-state index is 6.59. The summed E-state index contributed by atoms with van der Waals surface area (Å²) >= 11 is 0. The van der Waals surface area contributed by atoms with Gasteiger partial charge in [-0.25, -0.2) is 0 Å². The van der Waals surface area contributed by atoms with Crippen molar-refractivity contribution >= 4 is 60.5 Å². The van der Waals surface area contributed by atoms with Crippen LogP contribution >= 0.6 is 0 Å². The van der Waals surface area contributed by atoms with Gasteiger partial charge in [-0.1, -0.05) is 159 Å². The quantitative estimate of drug-likeness (QED) is 0.177. The maximum absolute atomic E-state index is 6.59. The molecule has 0 fully saturated rings. The minimum atomic E-state index is -0.130. The molecule has 0 N–H and O–H groups in total. The maximum Gasteiger partial charge on any atom is 0.136 e. The van der Waals surface area contributed by atoms with E-state index in [2.05, 4.69) is 207 Å². The number of benzene rings is 9. The summed E-state index contributed by atoms with van der Waals surface area (Å²) in [5.74, 6) is 0. The highest BCUT2D eigenvalue weighted by atomic mass is 16.3. The van der Waals surface area contributed by atoms with Crippen LogP contribution in [0.25, 0.3) is 76.9 Å². The molecule has 9 aromatic carbocycles. The van der Waals surface area contributed by atoms with Crippen molar-refractivity contribution in [3.8, 4) is 33.4 Å². The SMILES string of the molecule is CC1(C)c2ccccc2-c2c(N(c3ccc(-c4cccc5ccccc45)cc3)c3ccccc3-c3cccc4oc5cc6ccccc6cc5c34)cccc21. The molecule has 0 saturated carbocycles. The Hall–Kier alpha value is -6.90. The first-order chi connectivity index (χ1) is 27.0. The predicted octanol–water partition coefficient (Wildman–Crippen LogP) is 15.0. The highest BCUT2D eigenvalue weighted by molar-refractivity contribution is 6.17. The average Bonchev–Trinajstić information content (AvgIpc) is 3.72. The lowest BCUT2D eigenvalue weighted by atomic mass is 9.82. The Morgan fingerprint density at radius 1 is 0.418 bits per heavy atom. The Morgan fingerprint density at radius 2 is 1.02 bits per heavy atom. The number of anilines is 3. The third-order valence-corrected chi connectivity index (χ3v) is 11.9. The first-order valence-corrected chi connectivity index (χ1v) is 19.1. The number of hydrogen-bond donors (Lipinski definition) is 0. The van der Waals surface area contributed by atoms with E-state index >= 15 is 0 Å². The molecule has 1 heterocycles. The van der Waals surface area contributed by atoms with Crippen molar-refractivity contribution in [2.75, 3.05) is 4.90 Å². The van der Waals surface area contributed by atoms with Crippen molar-refractivity contribution in [1.82, 2.24) is 0 Å². The lowest BCUT2D eigenvalue weighted by molar-refractivity contribution is 0.660. The van der Waals surface area contributed by atoms with E-state index in [1.165, 1.54) is 54.9 Å². The summed E-state index contributed by atoms with van der Waals surface area (Å²) in [4.78, 5) is 2.48. The van der Waals surface area contributed by atoms with Gasteiger partial charge >= 0.3 is 0 Å². The van der Waals surface area contributed by atoms with Crippen LogP contribution in [0.1, 0.15) is 25.0 Å². The monoisotopic (exact) mass is 703 g/mol. The van der Waals surface area contributed by atoms with Crippen molar-refractivity contribution < 1.29 is 4.42 Å². The normalized spacial score (nSPS) is 13.1. The molecule has 1 aromatic heterocycles. The Labute approximate surface area is 320 Å². The largest absolute Gasteiger partial charge is 0.456 e. The number of nitrogens with zero attached hydrogens (tertiary/aromatic N) is 1. The van der Waals surface area contributed by atoms with Crippen molar-refractivity contribution in [1.29, 1.82) is 0 Å². The van der Waals surface area contributed by atoms with Gasteiger partial charge in [0, 0.05) is 33.0 Å². The van der Waals surface area contributed by atoms with Crippen molar-refractivity contribution in [3.63, 3.8) is 0 Å². The third kappa shape index (κ3) is 4.81. The van der Waals surface area contributed by atoms with Gasteiger partial charge in [-0.15, -0.1) is 0 Å². The van der Waals surface area contributed by atoms with Crippen LogP contribution in [0.2, 0.25) is 0 Å². The molecule has 0 spiro atoms. The fourth-order valence-corrected chi connectivity index (χ4v) is 9.23. The summed E-state index contributed by atoms with van der Waals surface area (Å²) in [6.07, 6.45) is 0. The number of furan rings is 1. The van der Waals surface area contributed by atoms with E-state index in [1.807, 2.05) is 0 Å². The molecule has 1 aliphatic carbocycles. The molecule has 2 heteroatoms. The Balaban J connectivity index is 1.17. The van der Waals surface area contributed by atoms with E-state index < -0.39 is 0 Å². The summed E-state index contributed by atoms with van der Waals surface area (Å²) in [6, 6.07) is 68.5. The number of rotatable bonds is 5. The minimum absolute atomic E-state index is 0.130. The standard InChI is InChI=1S/C53H37NO/c1-53(2)45-23-9-7-20-43(45)52-46(53)24-13-26-48(52)54(38-30-28-35(29-31-38)40-21-11-17-34-14-5-6-18-39(34)40)47-25-10-8-19-41(47)42-22-12-27-49-51(42)44-32-36-15-3-4-16-37(36)33-50(44)55-49/h3-33H,1-2H3. The zero-order chi connectivity index (χ0) is 36.7. The average molecular weight is 704 g/mol. The van der Waals surface area contributed by atoms with Crippen LogP contribution in [-0.4, -0.2) is 0 Å². The van der Waals surface area contributed by atoms with Gasteiger partial charge in [-0.2, -0.15) is 0 Å². The lowest BCUT2D eigenvalue weighted by Crippen LogP contribution is -2.16. The molecule has 0 bridgehead atoms. The molecule has 0 amide bonds. The fourth-order valence-electron chi connectivity index (χ4n) is 9.23. The number of fused-ring (bicyclic) bond motifs is 8. The summed E-state index contributed by atoms with van der Waals surface area (Å²) in [6.45, 7) is 4.71. The van der Waals surface area contributed by atoms with Crippen molar-refractivity contribution in [2.45, 2.75) is 19.3 Å². The molecule has 55 heavy (non-hydrogen) atoms. The van der Waals surface area contributed by atoms with Crippen LogP contribution in [0.4, 0.5) is 17.1 Å². The van der Waals surface area contributed by atoms with Gasteiger partial charge in [0.25, 0.3) is 0 Å². The van der Waals surface area contributed by atoms with E-state index in [0.29, 0.717) is 0 Å². The number of para-hydroxylation sites is 1. The van der Waals surface area contributed by atoms with E-state index in [9.17, 15) is 0 Å². The Morgan fingerprint density at radius 3 is 1.87 bits per heavy atom. The van der Waals surface area contributed by atoms with Crippen LogP contribution < -0.4 is 4.90 Å². The van der Waals surface area contributed by atoms with Crippen molar-refractivity contribution in [2.24, 2.45) is 0 Å². The molecular weight excluding hydrogens is 667 g/mol. The summed E-state index contributed by atoms with van der Waals surface area (Å²) < 4.78 is 6.59. The lowest BCUT2D eigenvalue weighted by Gasteiger charge is -2.31. The van der Waals surface area contributed by atoms with E-state index in [0.717, 1.165) is 50.1 Å². The second-order valence-electron chi connectivity index (χ2n) is 15.3. The topological polar surface area (TPSA) is 16.4 Å². The highest BCUT2D eigenvalue weighted by Gasteiger charge is 2.38. The Bertz CT molecular complexity index is 3120. The number of hydrogen-bond acceptors (Lipinski definition) is 2. The summed E-state index contributed by atoms with van der Waals surface area (Å²) in [7, 11) is 0. The molecule has 0 unspecified atom stereocenters. The second kappa shape index (κ2) is 12.1.